The van der Waals surface area contributed by atoms with Crippen LogP contribution in [0.1, 0.15) is 13.8 Å². The van der Waals surface area contributed by atoms with Gasteiger partial charge in [0.25, 0.3) is 0 Å². The summed E-state index contributed by atoms with van der Waals surface area (Å²) in [6.45, 7) is 4.04. The number of nitrogens with zero attached hydrogens (tertiary/aromatic N) is 1. The number of hydrogen-bond donors (Lipinski definition) is 0. The molecule has 0 aliphatic rings. The normalized spacial score (nSPS) is 11.0. The second-order valence-electron chi connectivity index (χ2n) is 3.40. The molecule has 0 amide bonds. The van der Waals surface area contributed by atoms with E-state index in [1.165, 1.54) is 10.8 Å². The van der Waals surface area contributed by atoms with Gasteiger partial charge in [-0.1, -0.05) is 24.3 Å². The van der Waals surface area contributed by atoms with E-state index in [0.29, 0.717) is 0 Å². The zero-order chi connectivity index (χ0) is 9.26. The van der Waals surface area contributed by atoms with Gasteiger partial charge in [0.2, 0.25) is 0 Å². The SMILES string of the molecule is CC(C)On1cc2ccccc2c1. The van der Waals surface area contributed by atoms with E-state index in [2.05, 4.69) is 12.1 Å². The van der Waals surface area contributed by atoms with E-state index in [0.717, 1.165) is 0 Å². The third-order valence-corrected chi connectivity index (χ3v) is 1.86. The first-order chi connectivity index (χ1) is 6.25. The largest absolute Gasteiger partial charge is 0.412 e. The molecule has 13 heavy (non-hydrogen) atoms. The summed E-state index contributed by atoms with van der Waals surface area (Å²) in [5.41, 5.74) is 0. The van der Waals surface area contributed by atoms with Crippen LogP contribution in [0.5, 0.6) is 0 Å². The van der Waals surface area contributed by atoms with Crippen molar-refractivity contribution in [2.24, 2.45) is 0 Å². The van der Waals surface area contributed by atoms with Gasteiger partial charge in [0.15, 0.2) is 0 Å². The second kappa shape index (κ2) is 3.13. The maximum absolute atomic E-state index is 5.52. The van der Waals surface area contributed by atoms with Crippen LogP contribution in [0.3, 0.4) is 0 Å². The maximum Gasteiger partial charge on any atom is 0.119 e. The third kappa shape index (κ3) is 1.66. The van der Waals surface area contributed by atoms with Crippen molar-refractivity contribution in [3.63, 3.8) is 0 Å². The molecule has 2 aromatic rings. The molecule has 0 N–H and O–H groups in total. The Morgan fingerprint density at radius 2 is 1.62 bits per heavy atom. The lowest BCUT2D eigenvalue weighted by molar-refractivity contribution is 0.0612. The predicted molar refractivity (Wildman–Crippen MR) is 53.7 cm³/mol. The molecule has 1 aromatic heterocycles. The molecule has 0 bridgehead atoms. The van der Waals surface area contributed by atoms with Crippen molar-refractivity contribution in [1.82, 2.24) is 4.73 Å². The van der Waals surface area contributed by atoms with E-state index in [-0.39, 0.29) is 6.10 Å². The third-order valence-electron chi connectivity index (χ3n) is 1.86. The van der Waals surface area contributed by atoms with Crippen LogP contribution in [-0.2, 0) is 0 Å². The van der Waals surface area contributed by atoms with Crippen LogP contribution in [0.2, 0.25) is 0 Å². The fourth-order valence-corrected chi connectivity index (χ4v) is 1.36. The van der Waals surface area contributed by atoms with Gasteiger partial charge >= 0.3 is 0 Å². The fourth-order valence-electron chi connectivity index (χ4n) is 1.36. The van der Waals surface area contributed by atoms with E-state index < -0.39 is 0 Å². The van der Waals surface area contributed by atoms with Crippen LogP contribution in [0, 0.1) is 0 Å². The Labute approximate surface area is 77.7 Å². The standard InChI is InChI=1S/C11H13NO/c1-9(2)13-12-7-10-5-3-4-6-11(10)8-12/h3-9H,1-2H3. The van der Waals surface area contributed by atoms with Gasteiger partial charge in [-0.25, -0.2) is 0 Å². The van der Waals surface area contributed by atoms with Gasteiger partial charge in [-0.2, -0.15) is 4.73 Å². The molecule has 2 heteroatoms. The first-order valence-corrected chi connectivity index (χ1v) is 4.49. The summed E-state index contributed by atoms with van der Waals surface area (Å²) >= 11 is 0. The van der Waals surface area contributed by atoms with Gasteiger partial charge in [-0.15, -0.1) is 0 Å². The summed E-state index contributed by atoms with van der Waals surface area (Å²) in [5.74, 6) is 0. The molecule has 1 heterocycles. The molecule has 0 aliphatic carbocycles. The van der Waals surface area contributed by atoms with Gasteiger partial charge in [-0.3, -0.25) is 0 Å². The highest BCUT2D eigenvalue weighted by Crippen LogP contribution is 2.13. The average Bonchev–Trinajstić information content (AvgIpc) is 2.44. The van der Waals surface area contributed by atoms with Crippen LogP contribution < -0.4 is 4.84 Å². The second-order valence-corrected chi connectivity index (χ2v) is 3.40. The van der Waals surface area contributed by atoms with Crippen molar-refractivity contribution in [2.75, 3.05) is 0 Å². The zero-order valence-corrected chi connectivity index (χ0v) is 7.90. The lowest BCUT2D eigenvalue weighted by Crippen LogP contribution is -2.16. The minimum Gasteiger partial charge on any atom is -0.412 e. The van der Waals surface area contributed by atoms with Crippen molar-refractivity contribution in [2.45, 2.75) is 20.0 Å². The highest BCUT2D eigenvalue weighted by Gasteiger charge is 1.98. The van der Waals surface area contributed by atoms with Gasteiger partial charge in [0.1, 0.15) is 6.10 Å². The molecule has 0 saturated carbocycles. The van der Waals surface area contributed by atoms with Gasteiger partial charge in [-0.05, 0) is 13.8 Å². The summed E-state index contributed by atoms with van der Waals surface area (Å²) in [4.78, 5) is 5.52. The van der Waals surface area contributed by atoms with Crippen LogP contribution >= 0.6 is 0 Å². The Hall–Kier alpha value is -1.44. The van der Waals surface area contributed by atoms with Gasteiger partial charge < -0.3 is 4.84 Å². The molecule has 0 fully saturated rings. The predicted octanol–water partition coefficient (Wildman–Crippen LogP) is 2.48. The highest BCUT2D eigenvalue weighted by molar-refractivity contribution is 5.81. The summed E-state index contributed by atoms with van der Waals surface area (Å²) in [5, 5.41) is 2.42. The minimum atomic E-state index is 0.210. The van der Waals surface area contributed by atoms with Crippen molar-refractivity contribution in [3.8, 4) is 0 Å². The highest BCUT2D eigenvalue weighted by atomic mass is 16.7. The molecule has 0 atom stereocenters. The number of hydrogen-bond acceptors (Lipinski definition) is 1. The van der Waals surface area contributed by atoms with Crippen LogP contribution in [-0.4, -0.2) is 10.8 Å². The molecular formula is C11H13NO. The molecule has 0 saturated heterocycles. The van der Waals surface area contributed by atoms with Crippen LogP contribution in [0.4, 0.5) is 0 Å². The molecule has 0 radical (unpaired) electrons. The average molecular weight is 175 g/mol. The molecule has 68 valence electrons. The smallest absolute Gasteiger partial charge is 0.119 e. The van der Waals surface area contributed by atoms with Gasteiger partial charge in [0, 0.05) is 10.8 Å². The van der Waals surface area contributed by atoms with Crippen molar-refractivity contribution >= 4 is 10.8 Å². The van der Waals surface area contributed by atoms with Crippen LogP contribution in [0.25, 0.3) is 10.8 Å². The number of benzene rings is 1. The van der Waals surface area contributed by atoms with E-state index >= 15 is 0 Å². The quantitative estimate of drug-likeness (QED) is 0.684. The monoisotopic (exact) mass is 175 g/mol. The molecule has 0 spiro atoms. The summed E-state index contributed by atoms with van der Waals surface area (Å²) < 4.78 is 1.77. The van der Waals surface area contributed by atoms with E-state index in [1.54, 1.807) is 4.73 Å². The number of aromatic nitrogens is 1. The zero-order valence-electron chi connectivity index (χ0n) is 7.90. The Bertz CT molecular complexity index is 370. The maximum atomic E-state index is 5.52. The molecule has 0 unspecified atom stereocenters. The molecular weight excluding hydrogens is 162 g/mol. The summed E-state index contributed by atoms with van der Waals surface area (Å²) in [6.07, 6.45) is 4.20. The van der Waals surface area contributed by atoms with Crippen molar-refractivity contribution in [3.05, 3.63) is 36.7 Å². The first-order valence-electron chi connectivity index (χ1n) is 4.49. The number of rotatable bonds is 2. The Balaban J connectivity index is 2.38. The lowest BCUT2D eigenvalue weighted by Gasteiger charge is -2.08. The fraction of sp³-hybridized carbons (Fsp3) is 0.273. The van der Waals surface area contributed by atoms with Gasteiger partial charge in [0.05, 0.1) is 12.4 Å². The van der Waals surface area contributed by atoms with Crippen LogP contribution in [0.15, 0.2) is 36.7 Å². The summed E-state index contributed by atoms with van der Waals surface area (Å²) in [6, 6.07) is 8.22. The Morgan fingerprint density at radius 1 is 1.08 bits per heavy atom. The topological polar surface area (TPSA) is 14.2 Å². The Morgan fingerprint density at radius 3 is 2.08 bits per heavy atom. The molecule has 2 nitrogen and oxygen atoms in total. The molecule has 0 aliphatic heterocycles. The summed E-state index contributed by atoms with van der Waals surface area (Å²) in [7, 11) is 0. The lowest BCUT2D eigenvalue weighted by atomic mass is 10.2. The first kappa shape index (κ1) is 8.17. The molecule has 2 rings (SSSR count). The number of fused-ring (bicyclic) bond motifs is 1. The molecule has 1 aromatic carbocycles. The minimum absolute atomic E-state index is 0.210. The van der Waals surface area contributed by atoms with Crippen molar-refractivity contribution in [1.29, 1.82) is 0 Å². The Kier molecular flexibility index (Phi) is 1.97. The van der Waals surface area contributed by atoms with E-state index in [1.807, 2.05) is 38.4 Å². The van der Waals surface area contributed by atoms with E-state index in [9.17, 15) is 0 Å². The van der Waals surface area contributed by atoms with E-state index in [4.69, 9.17) is 4.84 Å². The van der Waals surface area contributed by atoms with Crippen molar-refractivity contribution < 1.29 is 4.84 Å².